The predicted octanol–water partition coefficient (Wildman–Crippen LogP) is 8.29. The number of likely N-dealkylation sites (N-methyl/N-ethyl adjacent to an activating group) is 1. The molecule has 6 heteroatoms. The molecule has 212 valence electrons. The van der Waals surface area contributed by atoms with Gasteiger partial charge in [0.25, 0.3) is 0 Å². The van der Waals surface area contributed by atoms with E-state index in [0.717, 1.165) is 18.4 Å². The van der Waals surface area contributed by atoms with Crippen LogP contribution in [0.5, 0.6) is 0 Å². The van der Waals surface area contributed by atoms with Crippen molar-refractivity contribution in [1.29, 1.82) is 0 Å². The number of hydrogen-bond acceptors (Lipinski definition) is 3. The largest absolute Gasteiger partial charge is 0.472 e. The van der Waals surface area contributed by atoms with E-state index in [2.05, 4.69) is 18.1 Å². The first-order valence-electron chi connectivity index (χ1n) is 14.7. The van der Waals surface area contributed by atoms with E-state index in [1.165, 1.54) is 102 Å². The third-order valence-corrected chi connectivity index (χ3v) is 7.77. The van der Waals surface area contributed by atoms with Crippen LogP contribution in [-0.4, -0.2) is 50.3 Å². The highest BCUT2D eigenvalue weighted by atomic mass is 31.2. The molecule has 1 atom stereocenters. The molecule has 0 radical (unpaired) electrons. The third-order valence-electron chi connectivity index (χ3n) is 6.75. The quantitative estimate of drug-likeness (QED) is 0.0625. The lowest BCUT2D eigenvalue weighted by molar-refractivity contribution is -0.870. The van der Waals surface area contributed by atoms with Crippen LogP contribution in [0.15, 0.2) is 24.3 Å². The number of hydrogen-bond donors (Lipinski definition) is 1. The average molecular weight is 537 g/mol. The van der Waals surface area contributed by atoms with Crippen LogP contribution in [0, 0.1) is 12.3 Å². The molecule has 0 saturated carbocycles. The summed E-state index contributed by atoms with van der Waals surface area (Å²) in [6.45, 7) is 1.18. The van der Waals surface area contributed by atoms with Crippen molar-refractivity contribution < 1.29 is 23.0 Å². The van der Waals surface area contributed by atoms with Gasteiger partial charge in [-0.3, -0.25) is 9.05 Å². The summed E-state index contributed by atoms with van der Waals surface area (Å²) in [6.07, 6.45) is 27.0. The topological polar surface area (TPSA) is 55.8 Å². The number of phosphoric ester groups is 1. The number of aryl methyl sites for hydroxylation is 1. The molecule has 0 aliphatic rings. The van der Waals surface area contributed by atoms with Gasteiger partial charge in [0, 0.05) is 5.56 Å². The number of nitrogens with zero attached hydrogens (tertiary/aromatic N) is 1. The van der Waals surface area contributed by atoms with E-state index >= 15 is 0 Å². The second kappa shape index (κ2) is 20.8. The van der Waals surface area contributed by atoms with Crippen LogP contribution in [0.25, 0.3) is 0 Å². The first kappa shape index (κ1) is 33.9. The van der Waals surface area contributed by atoms with Gasteiger partial charge in [-0.05, 0) is 37.0 Å². The Morgan fingerprint density at radius 3 is 1.54 bits per heavy atom. The van der Waals surface area contributed by atoms with Crippen LogP contribution in [0.1, 0.15) is 114 Å². The molecule has 0 aromatic heterocycles. The van der Waals surface area contributed by atoms with Crippen LogP contribution in [-0.2, 0) is 20.0 Å². The fourth-order valence-corrected chi connectivity index (χ4v) is 5.07. The Balaban J connectivity index is 1.78. The molecule has 0 heterocycles. The molecule has 5 nitrogen and oxygen atoms in total. The standard InChI is InChI=1S/C31H54NO4P/c1-5-30-23-25-31(26-24-30)22-20-18-16-14-12-10-8-6-7-9-11-13-15-17-19-21-28-35-37(33,34)36-29-27-32(2,3)4/h1,23-26H,6-22,27-29H2,2-4H3/p+1. The van der Waals surface area contributed by atoms with Gasteiger partial charge in [0.1, 0.15) is 13.2 Å². The van der Waals surface area contributed by atoms with Gasteiger partial charge < -0.3 is 9.38 Å². The Morgan fingerprint density at radius 1 is 0.703 bits per heavy atom. The Hall–Kier alpha value is -1.15. The van der Waals surface area contributed by atoms with Gasteiger partial charge in [-0.2, -0.15) is 0 Å². The second-order valence-electron chi connectivity index (χ2n) is 11.4. The number of terminal acetylenes is 1. The van der Waals surface area contributed by atoms with Gasteiger partial charge in [-0.1, -0.05) is 108 Å². The minimum absolute atomic E-state index is 0.225. The summed E-state index contributed by atoms with van der Waals surface area (Å²) < 4.78 is 22.6. The maximum Gasteiger partial charge on any atom is 0.472 e. The van der Waals surface area contributed by atoms with Crippen molar-refractivity contribution in [2.24, 2.45) is 0 Å². The van der Waals surface area contributed by atoms with Crippen molar-refractivity contribution >= 4 is 7.82 Å². The molecule has 0 saturated heterocycles. The van der Waals surface area contributed by atoms with Gasteiger partial charge in [0.2, 0.25) is 0 Å². The number of unbranched alkanes of at least 4 members (excludes halogenated alkanes) is 15. The molecular formula is C31H55NO4P+. The molecule has 1 rings (SSSR count). The number of quaternary nitrogens is 1. The predicted molar refractivity (Wildman–Crippen MR) is 157 cm³/mol. The number of benzene rings is 1. The first-order chi connectivity index (χ1) is 17.7. The van der Waals surface area contributed by atoms with Gasteiger partial charge in [-0.25, -0.2) is 4.57 Å². The molecule has 0 spiro atoms. The third kappa shape index (κ3) is 21.5. The van der Waals surface area contributed by atoms with E-state index < -0.39 is 7.82 Å². The second-order valence-corrected chi connectivity index (χ2v) is 12.9. The van der Waals surface area contributed by atoms with E-state index in [1.54, 1.807) is 0 Å². The Morgan fingerprint density at radius 2 is 1.11 bits per heavy atom. The summed E-state index contributed by atoms with van der Waals surface area (Å²) in [5.74, 6) is 2.67. The Labute approximate surface area is 228 Å². The van der Waals surface area contributed by atoms with Crippen molar-refractivity contribution in [1.82, 2.24) is 0 Å². The van der Waals surface area contributed by atoms with Crippen molar-refractivity contribution in [3.8, 4) is 12.3 Å². The normalized spacial score (nSPS) is 13.4. The number of phosphoric acid groups is 1. The molecule has 37 heavy (non-hydrogen) atoms. The highest BCUT2D eigenvalue weighted by molar-refractivity contribution is 7.47. The highest BCUT2D eigenvalue weighted by Crippen LogP contribution is 2.43. The maximum atomic E-state index is 11.8. The first-order valence-corrected chi connectivity index (χ1v) is 16.2. The minimum atomic E-state index is -3.90. The molecule has 1 aromatic carbocycles. The average Bonchev–Trinajstić information content (AvgIpc) is 2.84. The Kier molecular flexibility index (Phi) is 19.0. The summed E-state index contributed by atoms with van der Waals surface area (Å²) in [4.78, 5) is 9.69. The van der Waals surface area contributed by atoms with Crippen LogP contribution in [0.4, 0.5) is 0 Å². The summed E-state index contributed by atoms with van der Waals surface area (Å²) in [7, 11) is 2.15. The number of rotatable bonds is 24. The van der Waals surface area contributed by atoms with Crippen molar-refractivity contribution in [2.45, 2.75) is 109 Å². The van der Waals surface area contributed by atoms with E-state index in [9.17, 15) is 9.46 Å². The fraction of sp³-hybridized carbons (Fsp3) is 0.742. The van der Waals surface area contributed by atoms with Crippen molar-refractivity contribution in [3.05, 3.63) is 35.4 Å². The molecule has 0 aliphatic carbocycles. The van der Waals surface area contributed by atoms with Crippen molar-refractivity contribution in [2.75, 3.05) is 40.9 Å². The van der Waals surface area contributed by atoms with E-state index in [0.29, 0.717) is 17.6 Å². The molecular weight excluding hydrogens is 481 g/mol. The monoisotopic (exact) mass is 536 g/mol. The zero-order valence-corrected chi connectivity index (χ0v) is 25.0. The molecule has 1 unspecified atom stereocenters. The summed E-state index contributed by atoms with van der Waals surface area (Å²) in [5, 5.41) is 0. The molecule has 0 fully saturated rings. The molecule has 0 amide bonds. The lowest BCUT2D eigenvalue weighted by Gasteiger charge is -2.24. The Bertz CT molecular complexity index is 767. The van der Waals surface area contributed by atoms with Gasteiger partial charge in [0.05, 0.1) is 27.7 Å². The molecule has 0 aliphatic heterocycles. The van der Waals surface area contributed by atoms with Gasteiger partial charge in [0.15, 0.2) is 0 Å². The SMILES string of the molecule is C#Cc1ccc(CCCCCCCCCCCCCCCCCCOP(=O)(O)OCC[N+](C)(C)C)cc1. The summed E-state index contributed by atoms with van der Waals surface area (Å²) in [5.41, 5.74) is 2.37. The summed E-state index contributed by atoms with van der Waals surface area (Å²) >= 11 is 0. The molecule has 1 aromatic rings. The lowest BCUT2D eigenvalue weighted by atomic mass is 10.0. The van der Waals surface area contributed by atoms with Crippen LogP contribution in [0.3, 0.4) is 0 Å². The zero-order valence-electron chi connectivity index (χ0n) is 24.1. The minimum Gasteiger partial charge on any atom is -0.329 e. The van der Waals surface area contributed by atoms with E-state index in [4.69, 9.17) is 15.5 Å². The molecule has 0 bridgehead atoms. The van der Waals surface area contributed by atoms with Crippen molar-refractivity contribution in [3.63, 3.8) is 0 Å². The molecule has 1 N–H and O–H groups in total. The highest BCUT2D eigenvalue weighted by Gasteiger charge is 2.21. The van der Waals surface area contributed by atoms with E-state index in [1.807, 2.05) is 33.3 Å². The lowest BCUT2D eigenvalue weighted by Crippen LogP contribution is -2.37. The smallest absolute Gasteiger partial charge is 0.329 e. The van der Waals surface area contributed by atoms with E-state index in [-0.39, 0.29) is 6.61 Å². The van der Waals surface area contributed by atoms with Crippen LogP contribution in [0.2, 0.25) is 0 Å². The van der Waals surface area contributed by atoms with Crippen LogP contribution >= 0.6 is 7.82 Å². The van der Waals surface area contributed by atoms with Gasteiger partial charge in [-0.15, -0.1) is 6.42 Å². The van der Waals surface area contributed by atoms with Crippen LogP contribution < -0.4 is 0 Å². The fourth-order valence-electron chi connectivity index (χ4n) is 4.32. The zero-order chi connectivity index (χ0) is 27.2. The van der Waals surface area contributed by atoms with Gasteiger partial charge >= 0.3 is 7.82 Å². The maximum absolute atomic E-state index is 11.8. The summed E-state index contributed by atoms with van der Waals surface area (Å²) in [6, 6.07) is 8.41.